The third-order valence-electron chi connectivity index (χ3n) is 3.23. The lowest BCUT2D eigenvalue weighted by atomic mass is 9.88. The van der Waals surface area contributed by atoms with Crippen LogP contribution < -0.4 is 0 Å². The molecule has 1 rings (SSSR count). The molecule has 0 bridgehead atoms. The van der Waals surface area contributed by atoms with Crippen LogP contribution in [0, 0.1) is 5.92 Å². The van der Waals surface area contributed by atoms with E-state index in [1.54, 1.807) is 6.92 Å². The molecule has 5 heteroatoms. The van der Waals surface area contributed by atoms with Gasteiger partial charge in [0.05, 0.1) is 18.3 Å². The van der Waals surface area contributed by atoms with Gasteiger partial charge in [0, 0.05) is 12.3 Å². The van der Waals surface area contributed by atoms with E-state index in [1.165, 1.54) is 6.92 Å². The minimum Gasteiger partial charge on any atom is -0.390 e. The molecule has 1 aliphatic rings. The van der Waals surface area contributed by atoms with Gasteiger partial charge in [0.25, 0.3) is 0 Å². The second-order valence-corrected chi connectivity index (χ2v) is 5.31. The number of hydrogen-bond donors (Lipinski definition) is 2. The molecule has 0 aromatic heterocycles. The van der Waals surface area contributed by atoms with E-state index in [0.717, 1.165) is 0 Å². The van der Waals surface area contributed by atoms with Crippen LogP contribution in [0.4, 0.5) is 0 Å². The highest BCUT2D eigenvalue weighted by Crippen LogP contribution is 2.29. The zero-order valence-corrected chi connectivity index (χ0v) is 11.5. The molecule has 1 saturated heterocycles. The average molecular weight is 260 g/mol. The minimum absolute atomic E-state index is 0.0610. The van der Waals surface area contributed by atoms with Gasteiger partial charge < -0.3 is 24.5 Å². The van der Waals surface area contributed by atoms with Crippen molar-refractivity contribution in [1.29, 1.82) is 0 Å². The normalized spacial score (nSPS) is 36.9. The highest BCUT2D eigenvalue weighted by atomic mass is 16.7. The second kappa shape index (κ2) is 6.61. The molecule has 5 atom stereocenters. The Morgan fingerprint density at radius 1 is 1.33 bits per heavy atom. The maximum atomic E-state index is 11.0. The number of hydrogen-bond acceptors (Lipinski definition) is 5. The topological polar surface area (TPSA) is 76.0 Å². The number of aliphatic hydroxyl groups excluding tert-OH is 2. The van der Waals surface area contributed by atoms with E-state index >= 15 is 0 Å². The van der Waals surface area contributed by atoms with E-state index in [-0.39, 0.29) is 17.8 Å². The lowest BCUT2D eigenvalue weighted by Gasteiger charge is -2.41. The van der Waals surface area contributed by atoms with Gasteiger partial charge in [-0.2, -0.15) is 0 Å². The third-order valence-corrected chi connectivity index (χ3v) is 3.23. The maximum absolute atomic E-state index is 11.0. The lowest BCUT2D eigenvalue weighted by Crippen LogP contribution is -2.54. The Bertz CT molecular complexity index is 279. The smallest absolute Gasteiger partial charge is 0.184 e. The van der Waals surface area contributed by atoms with Crippen LogP contribution in [0.5, 0.6) is 0 Å². The van der Waals surface area contributed by atoms with Crippen LogP contribution in [0.2, 0.25) is 0 Å². The Hall–Kier alpha value is -0.490. The summed E-state index contributed by atoms with van der Waals surface area (Å²) in [6.45, 7) is 6.98. The van der Waals surface area contributed by atoms with Gasteiger partial charge in [0.2, 0.25) is 0 Å². The van der Waals surface area contributed by atoms with Crippen molar-refractivity contribution < 1.29 is 24.5 Å². The monoisotopic (exact) mass is 260 g/mol. The van der Waals surface area contributed by atoms with Crippen LogP contribution in [0.1, 0.15) is 40.5 Å². The molecule has 0 radical (unpaired) electrons. The average Bonchev–Trinajstić information content (AvgIpc) is 2.27. The number of aliphatic hydroxyl groups is 2. The zero-order chi connectivity index (χ0) is 13.9. The summed E-state index contributed by atoms with van der Waals surface area (Å²) in [4.78, 5) is 11.0. The van der Waals surface area contributed by atoms with Gasteiger partial charge in [0.15, 0.2) is 6.29 Å². The van der Waals surface area contributed by atoms with Gasteiger partial charge >= 0.3 is 0 Å². The fourth-order valence-corrected chi connectivity index (χ4v) is 2.09. The molecular weight excluding hydrogens is 236 g/mol. The Morgan fingerprint density at radius 3 is 2.44 bits per heavy atom. The Balaban J connectivity index is 2.64. The van der Waals surface area contributed by atoms with E-state index in [2.05, 4.69) is 0 Å². The molecule has 0 aliphatic carbocycles. The first-order valence-electron chi connectivity index (χ1n) is 6.49. The number of carbonyl (C=O) groups excluding carboxylic acids is 1. The molecule has 18 heavy (non-hydrogen) atoms. The molecule has 0 aromatic carbocycles. The van der Waals surface area contributed by atoms with Crippen molar-refractivity contribution >= 4 is 5.78 Å². The lowest BCUT2D eigenvalue weighted by molar-refractivity contribution is -0.292. The van der Waals surface area contributed by atoms with Crippen molar-refractivity contribution in [3.63, 3.8) is 0 Å². The molecule has 0 amide bonds. The van der Waals surface area contributed by atoms with Crippen LogP contribution in [0.15, 0.2) is 0 Å². The Morgan fingerprint density at radius 2 is 1.94 bits per heavy atom. The number of carbonyl (C=O) groups is 1. The van der Waals surface area contributed by atoms with Crippen LogP contribution in [0.25, 0.3) is 0 Å². The van der Waals surface area contributed by atoms with Crippen LogP contribution >= 0.6 is 0 Å². The standard InChI is InChI=1S/C13H24O5/c1-7(2)17-13-12(16)9(4)11(15)10(18-13)6-5-8(3)14/h7,9-13,15-16H,5-6H2,1-4H3/t9?,10?,11-,12?,13-/m0/s1. The second-order valence-electron chi connectivity index (χ2n) is 5.31. The van der Waals surface area contributed by atoms with Gasteiger partial charge in [-0.25, -0.2) is 0 Å². The van der Waals surface area contributed by atoms with Gasteiger partial charge in [-0.15, -0.1) is 0 Å². The van der Waals surface area contributed by atoms with E-state index in [4.69, 9.17) is 9.47 Å². The predicted octanol–water partition coefficient (Wildman–Crippen LogP) is 0.863. The molecular formula is C13H24O5. The molecule has 3 unspecified atom stereocenters. The summed E-state index contributed by atoms with van der Waals surface area (Å²) < 4.78 is 11.1. The number of ketones is 1. The van der Waals surface area contributed by atoms with Gasteiger partial charge in [-0.05, 0) is 27.2 Å². The highest BCUT2D eigenvalue weighted by Gasteiger charge is 2.42. The van der Waals surface area contributed by atoms with Gasteiger partial charge in [0.1, 0.15) is 11.9 Å². The van der Waals surface area contributed by atoms with Crippen molar-refractivity contribution in [2.45, 2.75) is 71.2 Å². The predicted molar refractivity (Wildman–Crippen MR) is 66.0 cm³/mol. The van der Waals surface area contributed by atoms with Crippen molar-refractivity contribution in [3.8, 4) is 0 Å². The SMILES string of the molecule is CC(=O)CCC1O[C@H](OC(C)C)C(O)C(C)[C@@H]1O. The van der Waals surface area contributed by atoms with Crippen LogP contribution in [-0.2, 0) is 14.3 Å². The van der Waals surface area contributed by atoms with Crippen molar-refractivity contribution in [2.24, 2.45) is 5.92 Å². The molecule has 1 heterocycles. The molecule has 5 nitrogen and oxygen atoms in total. The molecule has 0 spiro atoms. The van der Waals surface area contributed by atoms with Crippen molar-refractivity contribution in [2.75, 3.05) is 0 Å². The molecule has 2 N–H and O–H groups in total. The van der Waals surface area contributed by atoms with Crippen molar-refractivity contribution in [3.05, 3.63) is 0 Å². The fraction of sp³-hybridized carbons (Fsp3) is 0.923. The maximum Gasteiger partial charge on any atom is 0.184 e. The van der Waals surface area contributed by atoms with Crippen LogP contribution in [-0.4, -0.2) is 46.7 Å². The van der Waals surface area contributed by atoms with Gasteiger partial charge in [-0.1, -0.05) is 6.92 Å². The van der Waals surface area contributed by atoms with E-state index < -0.39 is 24.6 Å². The fourth-order valence-electron chi connectivity index (χ4n) is 2.09. The summed E-state index contributed by atoms with van der Waals surface area (Å²) in [5.74, 6) is -0.273. The zero-order valence-electron chi connectivity index (χ0n) is 11.5. The first kappa shape index (κ1) is 15.6. The largest absolute Gasteiger partial charge is 0.390 e. The first-order chi connectivity index (χ1) is 8.32. The number of rotatable bonds is 5. The van der Waals surface area contributed by atoms with Crippen LogP contribution in [0.3, 0.4) is 0 Å². The summed E-state index contributed by atoms with van der Waals surface area (Å²) in [6, 6.07) is 0. The third kappa shape index (κ3) is 4.02. The first-order valence-corrected chi connectivity index (χ1v) is 6.49. The quantitative estimate of drug-likeness (QED) is 0.767. The van der Waals surface area contributed by atoms with E-state index in [0.29, 0.717) is 12.8 Å². The molecule has 1 fully saturated rings. The minimum atomic E-state index is -0.851. The summed E-state index contributed by atoms with van der Waals surface area (Å²) in [7, 11) is 0. The van der Waals surface area contributed by atoms with Gasteiger partial charge in [-0.3, -0.25) is 0 Å². The summed E-state index contributed by atoms with van der Waals surface area (Å²) in [5.41, 5.74) is 0. The summed E-state index contributed by atoms with van der Waals surface area (Å²) in [6.07, 6.45) is -2.08. The molecule has 1 aliphatic heterocycles. The highest BCUT2D eigenvalue weighted by molar-refractivity contribution is 5.75. The number of ether oxygens (including phenoxy) is 2. The summed E-state index contributed by atoms with van der Waals surface area (Å²) >= 11 is 0. The molecule has 106 valence electrons. The Kier molecular flexibility index (Phi) is 5.72. The van der Waals surface area contributed by atoms with E-state index in [9.17, 15) is 15.0 Å². The van der Waals surface area contributed by atoms with Crippen molar-refractivity contribution in [1.82, 2.24) is 0 Å². The molecule has 0 aromatic rings. The number of Topliss-reactive ketones (excluding diaryl/α,β-unsaturated/α-hetero) is 1. The van der Waals surface area contributed by atoms with E-state index in [1.807, 2.05) is 13.8 Å². The Labute approximate surface area is 108 Å². The summed E-state index contributed by atoms with van der Waals surface area (Å²) in [5, 5.41) is 20.0. The molecule has 0 saturated carbocycles.